The average molecular weight is 274 g/mol. The van der Waals surface area contributed by atoms with Gasteiger partial charge in [0.05, 0.1) is 0 Å². The van der Waals surface area contributed by atoms with Crippen LogP contribution < -0.4 is 0 Å². The molecule has 5 heteroatoms. The summed E-state index contributed by atoms with van der Waals surface area (Å²) in [5, 5.41) is 0. The third-order valence-corrected chi connectivity index (χ3v) is 3.60. The summed E-state index contributed by atoms with van der Waals surface area (Å²) < 4.78 is 0. The van der Waals surface area contributed by atoms with Crippen LogP contribution in [-0.4, -0.2) is 47.0 Å². The van der Waals surface area contributed by atoms with E-state index < -0.39 is 17.7 Å². The topological polar surface area (TPSA) is 57.7 Å². The van der Waals surface area contributed by atoms with E-state index in [1.165, 1.54) is 9.80 Å². The first-order valence-electron chi connectivity index (χ1n) is 6.75. The smallest absolute Gasteiger partial charge is 0.292 e. The minimum Gasteiger partial charge on any atom is -0.336 e. The number of hydrogen-bond acceptors (Lipinski definition) is 3. The third-order valence-electron chi connectivity index (χ3n) is 3.60. The fourth-order valence-electron chi connectivity index (χ4n) is 2.44. The van der Waals surface area contributed by atoms with Gasteiger partial charge in [-0.25, -0.2) is 0 Å². The predicted octanol–water partition coefficient (Wildman–Crippen LogP) is 0.835. The van der Waals surface area contributed by atoms with Gasteiger partial charge in [-0.05, 0) is 18.9 Å². The highest BCUT2D eigenvalue weighted by atomic mass is 16.2. The normalized spacial score (nSPS) is 19.1. The molecule has 0 saturated carbocycles. The number of piperidine rings is 1. The molecule has 1 heterocycles. The number of nitrogens with zero attached hydrogens (tertiary/aromatic N) is 2. The van der Waals surface area contributed by atoms with Crippen molar-refractivity contribution < 1.29 is 14.4 Å². The fourth-order valence-corrected chi connectivity index (χ4v) is 2.44. The number of benzene rings is 1. The Hall–Kier alpha value is -2.17. The zero-order valence-corrected chi connectivity index (χ0v) is 11.5. The maximum Gasteiger partial charge on any atom is 0.292 e. The molecule has 0 spiro atoms. The summed E-state index contributed by atoms with van der Waals surface area (Å²) in [6, 6.07) is 8.80. The quantitative estimate of drug-likeness (QED) is 0.590. The molecule has 0 N–H and O–H groups in total. The lowest BCUT2D eigenvalue weighted by atomic mass is 10.0. The van der Waals surface area contributed by atoms with E-state index in [4.69, 9.17) is 0 Å². The highest BCUT2D eigenvalue weighted by Gasteiger charge is 2.37. The Bertz CT molecular complexity index is 501. The van der Waals surface area contributed by atoms with E-state index in [-0.39, 0.29) is 0 Å². The van der Waals surface area contributed by atoms with Gasteiger partial charge in [0, 0.05) is 19.6 Å². The zero-order chi connectivity index (χ0) is 14.5. The van der Waals surface area contributed by atoms with Crippen molar-refractivity contribution in [3.8, 4) is 0 Å². The Morgan fingerprint density at radius 2 is 2.00 bits per heavy atom. The third kappa shape index (κ3) is 2.87. The molecule has 1 unspecified atom stereocenters. The van der Waals surface area contributed by atoms with Crippen LogP contribution in [0.3, 0.4) is 0 Å². The summed E-state index contributed by atoms with van der Waals surface area (Å²) in [6.07, 6.45) is 1.16. The lowest BCUT2D eigenvalue weighted by Crippen LogP contribution is -2.54. The van der Waals surface area contributed by atoms with E-state index in [1.807, 2.05) is 37.3 Å². The molecule has 2 amide bonds. The van der Waals surface area contributed by atoms with Gasteiger partial charge in [-0.2, -0.15) is 0 Å². The number of Topliss-reactive ketones (excluding diaryl/α,β-unsaturated/α-hetero) is 1. The molecule has 0 aliphatic carbocycles. The molecule has 106 valence electrons. The Morgan fingerprint density at radius 3 is 2.60 bits per heavy atom. The summed E-state index contributed by atoms with van der Waals surface area (Å²) in [5.41, 5.74) is 0.942. The van der Waals surface area contributed by atoms with Crippen molar-refractivity contribution >= 4 is 18.1 Å². The Labute approximate surface area is 118 Å². The van der Waals surface area contributed by atoms with Gasteiger partial charge in [0.25, 0.3) is 5.91 Å². The maximum atomic E-state index is 12.1. The number of rotatable bonds is 5. The van der Waals surface area contributed by atoms with E-state index in [1.54, 1.807) is 0 Å². The van der Waals surface area contributed by atoms with Crippen molar-refractivity contribution in [1.82, 2.24) is 9.80 Å². The number of likely N-dealkylation sites (tertiary alicyclic amines) is 1. The van der Waals surface area contributed by atoms with E-state index in [0.717, 1.165) is 5.56 Å². The predicted molar refractivity (Wildman–Crippen MR) is 73.7 cm³/mol. The van der Waals surface area contributed by atoms with Gasteiger partial charge in [-0.15, -0.1) is 0 Å². The minimum atomic E-state index is -0.636. The minimum absolute atomic E-state index is 0.347. The summed E-state index contributed by atoms with van der Waals surface area (Å²) >= 11 is 0. The molecule has 20 heavy (non-hydrogen) atoms. The highest BCUT2D eigenvalue weighted by molar-refractivity contribution is 6.38. The lowest BCUT2D eigenvalue weighted by molar-refractivity contribution is -0.152. The molecule has 1 aliphatic heterocycles. The molecule has 1 aromatic rings. The zero-order valence-electron chi connectivity index (χ0n) is 11.5. The molecule has 0 aromatic heterocycles. The molecular weight excluding hydrogens is 256 g/mol. The Balaban J connectivity index is 2.10. The van der Waals surface area contributed by atoms with Crippen LogP contribution in [0.4, 0.5) is 0 Å². The van der Waals surface area contributed by atoms with Crippen LogP contribution in [0.2, 0.25) is 0 Å². The first-order valence-corrected chi connectivity index (χ1v) is 6.75. The van der Waals surface area contributed by atoms with E-state index >= 15 is 0 Å². The second kappa shape index (κ2) is 6.32. The summed E-state index contributed by atoms with van der Waals surface area (Å²) in [7, 11) is 0. The molecule has 2 rings (SSSR count). The molecule has 1 atom stereocenters. The monoisotopic (exact) mass is 274 g/mol. The SMILES string of the molecule is CCN1CCC(N(C=O)Cc2ccccc2)C(=O)C1=O. The van der Waals surface area contributed by atoms with Gasteiger partial charge >= 0.3 is 0 Å². The molecule has 5 nitrogen and oxygen atoms in total. The van der Waals surface area contributed by atoms with Gasteiger partial charge in [-0.1, -0.05) is 30.3 Å². The van der Waals surface area contributed by atoms with Crippen molar-refractivity contribution in [2.75, 3.05) is 13.1 Å². The van der Waals surface area contributed by atoms with Crippen molar-refractivity contribution in [1.29, 1.82) is 0 Å². The standard InChI is InChI=1S/C15H18N2O3/c1-2-16-9-8-13(14(19)15(16)20)17(11-18)10-12-6-4-3-5-7-12/h3-7,11,13H,2,8-10H2,1H3. The second-order valence-corrected chi connectivity index (χ2v) is 4.82. The molecular formula is C15H18N2O3. The average Bonchev–Trinajstić information content (AvgIpc) is 2.49. The molecule has 0 radical (unpaired) electrons. The van der Waals surface area contributed by atoms with Crippen molar-refractivity contribution in [2.45, 2.75) is 25.9 Å². The van der Waals surface area contributed by atoms with Gasteiger partial charge in [0.15, 0.2) is 0 Å². The molecule has 1 aromatic carbocycles. The van der Waals surface area contributed by atoms with Crippen LogP contribution in [0.15, 0.2) is 30.3 Å². The van der Waals surface area contributed by atoms with Crippen molar-refractivity contribution in [3.63, 3.8) is 0 Å². The molecule has 1 aliphatic rings. The van der Waals surface area contributed by atoms with Crippen molar-refractivity contribution in [2.24, 2.45) is 0 Å². The van der Waals surface area contributed by atoms with Crippen LogP contribution in [0.5, 0.6) is 0 Å². The van der Waals surface area contributed by atoms with E-state index in [9.17, 15) is 14.4 Å². The number of carbonyl (C=O) groups excluding carboxylic acids is 3. The number of amides is 2. The lowest BCUT2D eigenvalue weighted by Gasteiger charge is -2.34. The first-order chi connectivity index (χ1) is 9.67. The summed E-state index contributed by atoms with van der Waals surface area (Å²) in [6.45, 7) is 3.23. The molecule has 1 fully saturated rings. The fraction of sp³-hybridized carbons (Fsp3) is 0.400. The summed E-state index contributed by atoms with van der Waals surface area (Å²) in [5.74, 6) is -0.968. The number of hydrogen-bond donors (Lipinski definition) is 0. The number of ketones is 1. The number of likely N-dealkylation sites (N-methyl/N-ethyl adjacent to an activating group) is 1. The van der Waals surface area contributed by atoms with Crippen molar-refractivity contribution in [3.05, 3.63) is 35.9 Å². The number of carbonyl (C=O) groups is 3. The van der Waals surface area contributed by atoms with Gasteiger partial charge in [-0.3, -0.25) is 14.4 Å². The molecule has 1 saturated heterocycles. The Kier molecular flexibility index (Phi) is 4.50. The van der Waals surface area contributed by atoms with Crippen LogP contribution in [0.25, 0.3) is 0 Å². The van der Waals surface area contributed by atoms with Crippen LogP contribution in [0.1, 0.15) is 18.9 Å². The first kappa shape index (κ1) is 14.2. The van der Waals surface area contributed by atoms with Crippen LogP contribution in [0, 0.1) is 0 Å². The second-order valence-electron chi connectivity index (χ2n) is 4.82. The van der Waals surface area contributed by atoms with Crippen LogP contribution in [-0.2, 0) is 20.9 Å². The Morgan fingerprint density at radius 1 is 1.30 bits per heavy atom. The van der Waals surface area contributed by atoms with Gasteiger partial charge < -0.3 is 9.80 Å². The van der Waals surface area contributed by atoms with Gasteiger partial charge in [0.1, 0.15) is 6.04 Å². The summed E-state index contributed by atoms with van der Waals surface area (Å²) in [4.78, 5) is 38.2. The maximum absolute atomic E-state index is 12.1. The highest BCUT2D eigenvalue weighted by Crippen LogP contribution is 2.16. The molecule has 0 bridgehead atoms. The largest absolute Gasteiger partial charge is 0.336 e. The van der Waals surface area contributed by atoms with E-state index in [0.29, 0.717) is 32.5 Å². The van der Waals surface area contributed by atoms with Gasteiger partial charge in [0.2, 0.25) is 12.2 Å². The van der Waals surface area contributed by atoms with Crippen LogP contribution >= 0.6 is 0 Å². The van der Waals surface area contributed by atoms with E-state index in [2.05, 4.69) is 0 Å².